The summed E-state index contributed by atoms with van der Waals surface area (Å²) in [6.07, 6.45) is 11.5. The molecule has 0 amide bonds. The van der Waals surface area contributed by atoms with Gasteiger partial charge in [0.15, 0.2) is 0 Å². The van der Waals surface area contributed by atoms with Gasteiger partial charge < -0.3 is 23.7 Å². The van der Waals surface area contributed by atoms with E-state index in [1.807, 2.05) is 26.0 Å². The van der Waals surface area contributed by atoms with E-state index in [0.717, 1.165) is 36.8 Å². The Morgan fingerprint density at radius 2 is 0.780 bits per heavy atom. The summed E-state index contributed by atoms with van der Waals surface area (Å²) in [6.45, 7) is 12.9. The Labute approximate surface area is 246 Å². The Morgan fingerprint density at radius 1 is 0.439 bits per heavy atom. The fourth-order valence-electron chi connectivity index (χ4n) is 3.16. The van der Waals surface area contributed by atoms with Gasteiger partial charge in [0.05, 0.1) is 38.9 Å². The highest BCUT2D eigenvalue weighted by atomic mass is 16.6. The zero-order valence-electron chi connectivity index (χ0n) is 25.9. The Morgan fingerprint density at radius 3 is 1.12 bits per heavy atom. The highest BCUT2D eigenvalue weighted by Crippen LogP contribution is 2.08. The number of rotatable bonds is 22. The van der Waals surface area contributed by atoms with Crippen molar-refractivity contribution in [3.05, 3.63) is 46.6 Å². The lowest BCUT2D eigenvalue weighted by Gasteiger charge is -2.07. The molecule has 0 radical (unpaired) electrons. The number of esters is 4. The maximum Gasteiger partial charge on any atom is 0.306 e. The average Bonchev–Trinajstić information content (AvgIpc) is 2.89. The molecule has 0 aromatic carbocycles. The predicted molar refractivity (Wildman–Crippen MR) is 158 cm³/mol. The minimum atomic E-state index is -0.522. The first-order chi connectivity index (χ1) is 19.5. The smallest absolute Gasteiger partial charge is 0.306 e. The second-order valence-electron chi connectivity index (χ2n) is 10.2. The quantitative estimate of drug-likeness (QED) is 0.0648. The molecule has 0 bridgehead atoms. The molecule has 232 valence electrons. The van der Waals surface area contributed by atoms with Crippen LogP contribution in [0, 0.1) is 0 Å². The van der Waals surface area contributed by atoms with Crippen LogP contribution in [0.4, 0.5) is 0 Å². The Balaban J connectivity index is 3.75. The van der Waals surface area contributed by atoms with Gasteiger partial charge in [-0.2, -0.15) is 0 Å². The third kappa shape index (κ3) is 26.8. The largest absolute Gasteiger partial charge is 0.463 e. The van der Waals surface area contributed by atoms with Crippen molar-refractivity contribution in [2.75, 3.05) is 39.6 Å². The van der Waals surface area contributed by atoms with E-state index in [0.29, 0.717) is 0 Å². The first-order valence-electron chi connectivity index (χ1n) is 14.3. The zero-order chi connectivity index (χ0) is 30.9. The van der Waals surface area contributed by atoms with Crippen molar-refractivity contribution in [1.82, 2.24) is 0 Å². The second-order valence-corrected chi connectivity index (χ2v) is 10.2. The molecule has 0 aliphatic heterocycles. The minimum absolute atomic E-state index is 0.0180. The molecule has 0 saturated carbocycles. The van der Waals surface area contributed by atoms with E-state index in [2.05, 4.69) is 39.8 Å². The summed E-state index contributed by atoms with van der Waals surface area (Å²) >= 11 is 0. The highest BCUT2D eigenvalue weighted by Gasteiger charge is 2.10. The van der Waals surface area contributed by atoms with Gasteiger partial charge in [-0.05, 0) is 79.4 Å². The lowest BCUT2D eigenvalue weighted by atomic mass is 10.1. The molecule has 9 heteroatoms. The Bertz CT molecular complexity index is 843. The van der Waals surface area contributed by atoms with Gasteiger partial charge in [0.1, 0.15) is 26.4 Å². The van der Waals surface area contributed by atoms with Crippen LogP contribution in [0.2, 0.25) is 0 Å². The molecule has 0 saturated heterocycles. The molecule has 9 nitrogen and oxygen atoms in total. The van der Waals surface area contributed by atoms with Gasteiger partial charge in [0, 0.05) is 0 Å². The van der Waals surface area contributed by atoms with E-state index < -0.39 is 23.9 Å². The lowest BCUT2D eigenvalue weighted by molar-refractivity contribution is -0.152. The van der Waals surface area contributed by atoms with Crippen molar-refractivity contribution >= 4 is 23.9 Å². The first-order valence-corrected chi connectivity index (χ1v) is 14.3. The van der Waals surface area contributed by atoms with Gasteiger partial charge in [-0.25, -0.2) is 0 Å². The molecule has 41 heavy (non-hydrogen) atoms. The summed E-state index contributed by atoms with van der Waals surface area (Å²) in [5.74, 6) is -1.96. The summed E-state index contributed by atoms with van der Waals surface area (Å²) in [5, 5.41) is 0. The zero-order valence-corrected chi connectivity index (χ0v) is 25.9. The number of carbonyl (C=O) groups is 4. The summed E-state index contributed by atoms with van der Waals surface area (Å²) in [4.78, 5) is 47.1. The molecule has 0 aliphatic rings. The van der Waals surface area contributed by atoms with Gasteiger partial charge in [0.2, 0.25) is 0 Å². The van der Waals surface area contributed by atoms with Crippen LogP contribution in [-0.2, 0) is 42.9 Å². The molecule has 0 unspecified atom stereocenters. The van der Waals surface area contributed by atoms with E-state index in [1.165, 1.54) is 11.1 Å². The van der Waals surface area contributed by atoms with Crippen LogP contribution in [0.25, 0.3) is 0 Å². The SMILES string of the molecule is CC(C)=CCC/C(C)=C/COC(=O)CCC(=O)OCCOCCOC(=O)CCC(=O)OC/C=C(\C)CCC=C(C)C. The molecule has 0 atom stereocenters. The third-order valence-corrected chi connectivity index (χ3v) is 5.58. The van der Waals surface area contributed by atoms with Crippen molar-refractivity contribution in [2.24, 2.45) is 0 Å². The third-order valence-electron chi connectivity index (χ3n) is 5.58. The number of ether oxygens (including phenoxy) is 5. The van der Waals surface area contributed by atoms with Crippen molar-refractivity contribution in [3.8, 4) is 0 Å². The molecular formula is C32H50O9. The van der Waals surface area contributed by atoms with Gasteiger partial charge in [-0.3, -0.25) is 19.2 Å². The normalized spacial score (nSPS) is 11.4. The molecule has 0 heterocycles. The maximum absolute atomic E-state index is 11.8. The highest BCUT2D eigenvalue weighted by molar-refractivity contribution is 5.78. The molecule has 0 N–H and O–H groups in total. The molecule has 0 spiro atoms. The Kier molecular flexibility index (Phi) is 22.7. The number of carbonyl (C=O) groups excluding carboxylic acids is 4. The summed E-state index contributed by atoms with van der Waals surface area (Å²) in [7, 11) is 0. The molecule has 0 rings (SSSR count). The maximum atomic E-state index is 11.8. The first kappa shape index (κ1) is 37.8. The molecule has 0 aromatic heterocycles. The van der Waals surface area contributed by atoms with Crippen LogP contribution in [0.5, 0.6) is 0 Å². The van der Waals surface area contributed by atoms with E-state index in [1.54, 1.807) is 0 Å². The van der Waals surface area contributed by atoms with Crippen LogP contribution < -0.4 is 0 Å². The van der Waals surface area contributed by atoms with Gasteiger partial charge in [0.25, 0.3) is 0 Å². The number of hydrogen-bond donors (Lipinski definition) is 0. The monoisotopic (exact) mass is 578 g/mol. The minimum Gasteiger partial charge on any atom is -0.463 e. The lowest BCUT2D eigenvalue weighted by Crippen LogP contribution is -2.16. The van der Waals surface area contributed by atoms with Gasteiger partial charge in [-0.15, -0.1) is 0 Å². The van der Waals surface area contributed by atoms with Gasteiger partial charge >= 0.3 is 23.9 Å². The van der Waals surface area contributed by atoms with Crippen LogP contribution in [0.1, 0.15) is 92.9 Å². The van der Waals surface area contributed by atoms with E-state index in [-0.39, 0.29) is 65.3 Å². The summed E-state index contributed by atoms with van der Waals surface area (Å²) in [5.41, 5.74) is 4.84. The van der Waals surface area contributed by atoms with E-state index >= 15 is 0 Å². The van der Waals surface area contributed by atoms with E-state index in [9.17, 15) is 19.2 Å². The number of allylic oxidation sites excluding steroid dienone is 6. The van der Waals surface area contributed by atoms with Gasteiger partial charge in [-0.1, -0.05) is 34.4 Å². The van der Waals surface area contributed by atoms with Crippen LogP contribution in [0.15, 0.2) is 46.6 Å². The van der Waals surface area contributed by atoms with Crippen molar-refractivity contribution in [2.45, 2.75) is 92.9 Å². The standard InChI is InChI=1S/C32H50O9/c1-25(2)9-7-11-27(5)17-19-38-29(33)13-15-31(35)40-23-21-37-22-24-41-32(36)16-14-30(34)39-20-18-28(6)12-8-10-26(3)4/h9-10,17-18H,7-8,11-16,19-24H2,1-6H3/b27-17+,28-18+. The van der Waals surface area contributed by atoms with Crippen molar-refractivity contribution in [3.63, 3.8) is 0 Å². The van der Waals surface area contributed by atoms with E-state index in [4.69, 9.17) is 23.7 Å². The fourth-order valence-corrected chi connectivity index (χ4v) is 3.16. The second kappa shape index (κ2) is 24.6. The molecule has 0 aromatic rings. The van der Waals surface area contributed by atoms with Crippen molar-refractivity contribution in [1.29, 1.82) is 0 Å². The molecule has 0 aliphatic carbocycles. The molecular weight excluding hydrogens is 528 g/mol. The number of hydrogen-bond acceptors (Lipinski definition) is 9. The average molecular weight is 579 g/mol. The Hall–Kier alpha value is -3.20. The predicted octanol–water partition coefficient (Wildman–Crippen LogP) is 6.12. The molecule has 0 fully saturated rings. The van der Waals surface area contributed by atoms with Crippen LogP contribution in [0.3, 0.4) is 0 Å². The van der Waals surface area contributed by atoms with Crippen LogP contribution >= 0.6 is 0 Å². The fraction of sp³-hybridized carbons (Fsp3) is 0.625. The summed E-state index contributed by atoms with van der Waals surface area (Å²) in [6, 6.07) is 0. The topological polar surface area (TPSA) is 114 Å². The van der Waals surface area contributed by atoms with Crippen molar-refractivity contribution < 1.29 is 42.9 Å². The van der Waals surface area contributed by atoms with Crippen LogP contribution in [-0.4, -0.2) is 63.5 Å². The summed E-state index contributed by atoms with van der Waals surface area (Å²) < 4.78 is 25.5.